The van der Waals surface area contributed by atoms with E-state index in [1.54, 1.807) is 0 Å². The van der Waals surface area contributed by atoms with Crippen LogP contribution < -0.4 is 5.73 Å². The Morgan fingerprint density at radius 3 is 2.53 bits per heavy atom. The van der Waals surface area contributed by atoms with Gasteiger partial charge < -0.3 is 10.8 Å². The number of aryl methyl sites for hydroxylation is 1. The van der Waals surface area contributed by atoms with Gasteiger partial charge in [-0.3, -0.25) is 0 Å². The van der Waals surface area contributed by atoms with Crippen molar-refractivity contribution in [3.8, 4) is 5.75 Å². The van der Waals surface area contributed by atoms with Gasteiger partial charge in [0.15, 0.2) is 0 Å². The van der Waals surface area contributed by atoms with Crippen molar-refractivity contribution in [2.75, 3.05) is 0 Å². The highest BCUT2D eigenvalue weighted by atomic mass is 16.3. The minimum absolute atomic E-state index is 0.142. The molecule has 0 aromatic heterocycles. The van der Waals surface area contributed by atoms with E-state index in [4.69, 9.17) is 5.73 Å². The first-order valence-electron chi connectivity index (χ1n) is 5.67. The average molecular weight is 205 g/mol. The predicted molar refractivity (Wildman–Crippen MR) is 62.0 cm³/mol. The highest BCUT2D eigenvalue weighted by Gasteiger charge is 2.47. The van der Waals surface area contributed by atoms with Crippen LogP contribution in [0.1, 0.15) is 37.8 Å². The maximum atomic E-state index is 9.66. The van der Waals surface area contributed by atoms with Gasteiger partial charge >= 0.3 is 0 Å². The average Bonchev–Trinajstić information content (AvgIpc) is 2.97. The molecule has 0 spiro atoms. The van der Waals surface area contributed by atoms with E-state index in [1.165, 1.54) is 11.1 Å². The summed E-state index contributed by atoms with van der Waals surface area (Å²) in [6.45, 7) is 4.16. The van der Waals surface area contributed by atoms with Crippen molar-refractivity contribution in [3.05, 3.63) is 29.3 Å². The summed E-state index contributed by atoms with van der Waals surface area (Å²) in [5.41, 5.74) is 8.57. The number of nitrogens with two attached hydrogens (primary N) is 1. The summed E-state index contributed by atoms with van der Waals surface area (Å²) in [4.78, 5) is 0. The van der Waals surface area contributed by atoms with Crippen molar-refractivity contribution in [2.24, 2.45) is 5.73 Å². The molecule has 15 heavy (non-hydrogen) atoms. The van der Waals surface area contributed by atoms with Crippen molar-refractivity contribution < 1.29 is 5.11 Å². The lowest BCUT2D eigenvalue weighted by molar-refractivity contribution is 0.470. The van der Waals surface area contributed by atoms with E-state index < -0.39 is 0 Å². The van der Waals surface area contributed by atoms with E-state index in [2.05, 4.69) is 19.9 Å². The van der Waals surface area contributed by atoms with Gasteiger partial charge in [0, 0.05) is 11.5 Å². The third-order valence-corrected chi connectivity index (χ3v) is 3.62. The summed E-state index contributed by atoms with van der Waals surface area (Å²) in [5, 5.41) is 9.66. The Morgan fingerprint density at radius 2 is 2.07 bits per heavy atom. The molecule has 1 atom stereocenters. The molecule has 2 nitrogen and oxygen atoms in total. The Kier molecular flexibility index (Phi) is 2.47. The molecule has 0 amide bonds. The summed E-state index contributed by atoms with van der Waals surface area (Å²) < 4.78 is 0. The molecule has 2 rings (SSSR count). The second kappa shape index (κ2) is 3.53. The predicted octanol–water partition coefficient (Wildman–Crippen LogP) is 2.33. The van der Waals surface area contributed by atoms with Gasteiger partial charge in [0.2, 0.25) is 0 Å². The Morgan fingerprint density at radius 1 is 1.40 bits per heavy atom. The Bertz CT molecular complexity index is 367. The molecule has 3 N–H and O–H groups in total. The van der Waals surface area contributed by atoms with Crippen LogP contribution >= 0.6 is 0 Å². The molecule has 1 saturated carbocycles. The maximum absolute atomic E-state index is 9.66. The van der Waals surface area contributed by atoms with Crippen molar-refractivity contribution in [1.29, 1.82) is 0 Å². The van der Waals surface area contributed by atoms with E-state index in [0.29, 0.717) is 5.75 Å². The van der Waals surface area contributed by atoms with E-state index in [0.717, 1.165) is 19.3 Å². The number of phenols is 1. The molecule has 1 aliphatic carbocycles. The number of benzene rings is 1. The standard InChI is InChI=1S/C13H19NO/c1-3-10-6-11(8-12(15)7-10)13(4-5-13)9(2)14/h6-9,15H,3-5,14H2,1-2H3. The highest BCUT2D eigenvalue weighted by Crippen LogP contribution is 2.51. The van der Waals surface area contributed by atoms with Gasteiger partial charge in [-0.2, -0.15) is 0 Å². The van der Waals surface area contributed by atoms with Crippen molar-refractivity contribution in [3.63, 3.8) is 0 Å². The second-order valence-electron chi connectivity index (χ2n) is 4.69. The van der Waals surface area contributed by atoms with Gasteiger partial charge in [0.25, 0.3) is 0 Å². The first-order chi connectivity index (χ1) is 7.08. The molecule has 2 heteroatoms. The molecule has 0 bridgehead atoms. The van der Waals surface area contributed by atoms with Gasteiger partial charge in [-0.15, -0.1) is 0 Å². The summed E-state index contributed by atoms with van der Waals surface area (Å²) in [6, 6.07) is 6.07. The molecule has 1 aromatic rings. The molecule has 1 aromatic carbocycles. The van der Waals surface area contributed by atoms with Crippen LogP contribution in [0.15, 0.2) is 18.2 Å². The summed E-state index contributed by atoms with van der Waals surface area (Å²) in [7, 11) is 0. The Labute approximate surface area is 91.1 Å². The second-order valence-corrected chi connectivity index (χ2v) is 4.69. The fourth-order valence-electron chi connectivity index (χ4n) is 2.31. The van der Waals surface area contributed by atoms with Gasteiger partial charge in [0.1, 0.15) is 5.75 Å². The quantitative estimate of drug-likeness (QED) is 0.795. The maximum Gasteiger partial charge on any atom is 0.116 e. The van der Waals surface area contributed by atoms with Crippen molar-refractivity contribution in [1.82, 2.24) is 0 Å². The summed E-state index contributed by atoms with van der Waals surface area (Å²) in [5.74, 6) is 0.372. The summed E-state index contributed by atoms with van der Waals surface area (Å²) >= 11 is 0. The topological polar surface area (TPSA) is 46.2 Å². The van der Waals surface area contributed by atoms with Crippen LogP contribution in [0.2, 0.25) is 0 Å². The molecule has 0 aliphatic heterocycles. The molecule has 1 fully saturated rings. The zero-order chi connectivity index (χ0) is 11.1. The molecular formula is C13H19NO. The molecule has 0 saturated heterocycles. The Balaban J connectivity index is 2.40. The van der Waals surface area contributed by atoms with E-state index in [9.17, 15) is 5.11 Å². The van der Waals surface area contributed by atoms with Gasteiger partial charge in [-0.05, 0) is 49.4 Å². The zero-order valence-corrected chi connectivity index (χ0v) is 9.46. The van der Waals surface area contributed by atoms with Crippen LogP contribution in [0.3, 0.4) is 0 Å². The number of aromatic hydroxyl groups is 1. The Hall–Kier alpha value is -1.02. The van der Waals surface area contributed by atoms with Gasteiger partial charge in [-0.1, -0.05) is 13.0 Å². The monoisotopic (exact) mass is 205 g/mol. The largest absolute Gasteiger partial charge is 0.508 e. The van der Waals surface area contributed by atoms with Gasteiger partial charge in [0.05, 0.1) is 0 Å². The van der Waals surface area contributed by atoms with E-state index >= 15 is 0 Å². The number of rotatable bonds is 3. The van der Waals surface area contributed by atoms with Crippen LogP contribution in [0.25, 0.3) is 0 Å². The SMILES string of the molecule is CCc1cc(O)cc(C2(C(C)N)CC2)c1. The summed E-state index contributed by atoms with van der Waals surface area (Å²) in [6.07, 6.45) is 3.25. The molecule has 82 valence electrons. The zero-order valence-electron chi connectivity index (χ0n) is 9.46. The third kappa shape index (κ3) is 1.74. The fourth-order valence-corrected chi connectivity index (χ4v) is 2.31. The lowest BCUT2D eigenvalue weighted by atomic mass is 9.88. The lowest BCUT2D eigenvalue weighted by Gasteiger charge is -2.21. The minimum Gasteiger partial charge on any atom is -0.508 e. The van der Waals surface area contributed by atoms with Crippen LogP contribution in [-0.4, -0.2) is 11.1 Å². The minimum atomic E-state index is 0.142. The fraction of sp³-hybridized carbons (Fsp3) is 0.538. The van der Waals surface area contributed by atoms with E-state index in [1.807, 2.05) is 12.1 Å². The van der Waals surface area contributed by atoms with Crippen LogP contribution in [0, 0.1) is 0 Å². The first kappa shape index (κ1) is 10.5. The molecule has 0 heterocycles. The highest BCUT2D eigenvalue weighted by molar-refractivity contribution is 5.42. The first-order valence-corrected chi connectivity index (χ1v) is 5.67. The normalized spacial score (nSPS) is 19.9. The third-order valence-electron chi connectivity index (χ3n) is 3.62. The van der Waals surface area contributed by atoms with E-state index in [-0.39, 0.29) is 11.5 Å². The van der Waals surface area contributed by atoms with Crippen molar-refractivity contribution in [2.45, 2.75) is 44.6 Å². The molecule has 0 radical (unpaired) electrons. The smallest absolute Gasteiger partial charge is 0.116 e. The molecule has 1 aliphatic rings. The molecule has 1 unspecified atom stereocenters. The van der Waals surface area contributed by atoms with Crippen molar-refractivity contribution >= 4 is 0 Å². The number of hydrogen-bond donors (Lipinski definition) is 2. The van der Waals surface area contributed by atoms with Crippen LogP contribution in [0.4, 0.5) is 0 Å². The number of phenolic OH excluding ortho intramolecular Hbond substituents is 1. The number of hydrogen-bond acceptors (Lipinski definition) is 2. The van der Waals surface area contributed by atoms with Crippen LogP contribution in [-0.2, 0) is 11.8 Å². The molecular weight excluding hydrogens is 186 g/mol. The van der Waals surface area contributed by atoms with Crippen LogP contribution in [0.5, 0.6) is 5.75 Å². The lowest BCUT2D eigenvalue weighted by Crippen LogP contribution is -2.31. The van der Waals surface area contributed by atoms with Gasteiger partial charge in [-0.25, -0.2) is 0 Å².